The first kappa shape index (κ1) is 21.8. The Bertz CT molecular complexity index is 871. The van der Waals surface area contributed by atoms with Crippen LogP contribution >= 0.6 is 0 Å². The second kappa shape index (κ2) is 10.8. The van der Waals surface area contributed by atoms with Crippen LogP contribution in [0.2, 0.25) is 0 Å². The second-order valence-corrected chi connectivity index (χ2v) is 6.12. The Morgan fingerprint density at radius 1 is 1.14 bits per heavy atom. The summed E-state index contributed by atoms with van der Waals surface area (Å²) >= 11 is 0. The van der Waals surface area contributed by atoms with E-state index in [0.29, 0.717) is 30.8 Å². The van der Waals surface area contributed by atoms with E-state index in [4.69, 9.17) is 9.47 Å². The quantitative estimate of drug-likeness (QED) is 0.359. The van der Waals surface area contributed by atoms with E-state index in [1.807, 2.05) is 0 Å². The minimum atomic E-state index is -1.02. The van der Waals surface area contributed by atoms with Crippen LogP contribution in [0.15, 0.2) is 48.5 Å². The number of para-hydroxylation sites is 3. The third-order valence-corrected chi connectivity index (χ3v) is 3.98. The molecule has 2 aromatic carbocycles. The molecule has 0 aliphatic heterocycles. The number of benzene rings is 2. The Kier molecular flexibility index (Phi) is 8.11. The Morgan fingerprint density at radius 3 is 2.55 bits per heavy atom. The van der Waals surface area contributed by atoms with Gasteiger partial charge < -0.3 is 20.1 Å². The van der Waals surface area contributed by atoms with E-state index in [9.17, 15) is 19.7 Å². The lowest BCUT2D eigenvalue weighted by Crippen LogP contribution is -2.32. The first-order chi connectivity index (χ1) is 13.9. The molecule has 9 nitrogen and oxygen atoms in total. The molecule has 0 radical (unpaired) electrons. The number of nitrogens with one attached hydrogen (secondary N) is 2. The molecule has 2 rings (SSSR count). The van der Waals surface area contributed by atoms with Crippen molar-refractivity contribution in [2.24, 2.45) is 0 Å². The van der Waals surface area contributed by atoms with Crippen LogP contribution in [0.25, 0.3) is 0 Å². The predicted octanol–water partition coefficient (Wildman–Crippen LogP) is 2.77. The minimum absolute atomic E-state index is 0.00989. The van der Waals surface area contributed by atoms with Gasteiger partial charge in [0.1, 0.15) is 0 Å². The average molecular weight is 401 g/mol. The zero-order chi connectivity index (χ0) is 21.2. The maximum Gasteiger partial charge on any atom is 0.310 e. The number of anilines is 1. The van der Waals surface area contributed by atoms with Crippen LogP contribution in [0.3, 0.4) is 0 Å². The van der Waals surface area contributed by atoms with Gasteiger partial charge in [0.05, 0.1) is 16.2 Å². The Labute approximate surface area is 168 Å². The smallest absolute Gasteiger partial charge is 0.310 e. The molecule has 0 aliphatic carbocycles. The van der Waals surface area contributed by atoms with Crippen molar-refractivity contribution in [2.75, 3.05) is 25.6 Å². The number of hydrogen-bond acceptors (Lipinski definition) is 6. The maximum atomic E-state index is 12.5. The van der Waals surface area contributed by atoms with Crippen LogP contribution in [0.4, 0.5) is 11.4 Å². The number of carbonyl (C=O) groups excluding carboxylic acids is 2. The van der Waals surface area contributed by atoms with Gasteiger partial charge in [-0.1, -0.05) is 24.3 Å². The summed E-state index contributed by atoms with van der Waals surface area (Å²) in [5.41, 5.74) is 0.388. The average Bonchev–Trinajstić information content (AvgIpc) is 2.71. The number of hydrogen-bond donors (Lipinski definition) is 2. The highest BCUT2D eigenvalue weighted by Crippen LogP contribution is 2.27. The Hall–Kier alpha value is -3.46. The van der Waals surface area contributed by atoms with Gasteiger partial charge in [-0.15, -0.1) is 0 Å². The molecular formula is C20H23N3O6. The predicted molar refractivity (Wildman–Crippen MR) is 107 cm³/mol. The summed E-state index contributed by atoms with van der Waals surface area (Å²) in [7, 11) is 1.58. The van der Waals surface area contributed by atoms with Crippen molar-refractivity contribution >= 4 is 23.2 Å². The topological polar surface area (TPSA) is 120 Å². The van der Waals surface area contributed by atoms with Gasteiger partial charge in [0.25, 0.3) is 11.8 Å². The minimum Gasteiger partial charge on any atom is -0.474 e. The van der Waals surface area contributed by atoms with E-state index in [1.54, 1.807) is 37.4 Å². The summed E-state index contributed by atoms with van der Waals surface area (Å²) in [6.45, 7) is 2.44. The van der Waals surface area contributed by atoms with Crippen LogP contribution in [0.5, 0.6) is 5.75 Å². The number of amides is 2. The highest BCUT2D eigenvalue weighted by Gasteiger charge is 2.22. The Morgan fingerprint density at radius 2 is 1.83 bits per heavy atom. The standard InChI is InChI=1S/C20H23N3O6/c1-14(29-18-11-6-5-10-17(18)23(26)27)19(24)22-16-9-4-3-8-15(16)20(25)21-12-7-13-28-2/h3-6,8-11,14H,7,12-13H2,1-2H3,(H,21,25)(H,22,24). The number of nitrogens with zero attached hydrogens (tertiary/aromatic N) is 1. The third-order valence-electron chi connectivity index (χ3n) is 3.98. The van der Waals surface area contributed by atoms with Gasteiger partial charge in [0.2, 0.25) is 0 Å². The van der Waals surface area contributed by atoms with Crippen LogP contribution < -0.4 is 15.4 Å². The fraction of sp³-hybridized carbons (Fsp3) is 0.300. The van der Waals surface area contributed by atoms with Crippen LogP contribution in [-0.4, -0.2) is 43.1 Å². The second-order valence-electron chi connectivity index (χ2n) is 6.12. The third kappa shape index (κ3) is 6.28. The highest BCUT2D eigenvalue weighted by molar-refractivity contribution is 6.04. The first-order valence-corrected chi connectivity index (χ1v) is 9.01. The molecule has 0 saturated carbocycles. The van der Waals surface area contributed by atoms with Crippen molar-refractivity contribution in [3.05, 3.63) is 64.2 Å². The molecule has 0 aromatic heterocycles. The summed E-state index contributed by atoms with van der Waals surface area (Å²) in [6, 6.07) is 12.4. The van der Waals surface area contributed by atoms with Gasteiger partial charge in [-0.05, 0) is 31.5 Å². The highest BCUT2D eigenvalue weighted by atomic mass is 16.6. The van der Waals surface area contributed by atoms with E-state index in [1.165, 1.54) is 25.1 Å². The monoisotopic (exact) mass is 401 g/mol. The number of ether oxygens (including phenoxy) is 2. The summed E-state index contributed by atoms with van der Waals surface area (Å²) in [6.07, 6.45) is -0.355. The molecule has 154 valence electrons. The fourth-order valence-electron chi connectivity index (χ4n) is 2.49. The lowest BCUT2D eigenvalue weighted by molar-refractivity contribution is -0.386. The zero-order valence-corrected chi connectivity index (χ0v) is 16.2. The normalized spacial score (nSPS) is 11.4. The summed E-state index contributed by atoms with van der Waals surface area (Å²) in [5.74, 6) is -0.878. The lowest BCUT2D eigenvalue weighted by atomic mass is 10.1. The van der Waals surface area contributed by atoms with Gasteiger partial charge in [-0.25, -0.2) is 0 Å². The lowest BCUT2D eigenvalue weighted by Gasteiger charge is -2.16. The van der Waals surface area contributed by atoms with Crippen LogP contribution in [-0.2, 0) is 9.53 Å². The van der Waals surface area contributed by atoms with E-state index >= 15 is 0 Å². The van der Waals surface area contributed by atoms with E-state index < -0.39 is 16.9 Å². The summed E-state index contributed by atoms with van der Waals surface area (Å²) < 4.78 is 10.4. The van der Waals surface area contributed by atoms with Gasteiger partial charge in [-0.3, -0.25) is 19.7 Å². The maximum absolute atomic E-state index is 12.5. The molecule has 0 fully saturated rings. The molecule has 2 N–H and O–H groups in total. The van der Waals surface area contributed by atoms with Crippen molar-refractivity contribution in [1.82, 2.24) is 5.32 Å². The summed E-state index contributed by atoms with van der Waals surface area (Å²) in [5, 5.41) is 16.5. The van der Waals surface area contributed by atoms with Crippen LogP contribution in [0.1, 0.15) is 23.7 Å². The van der Waals surface area contributed by atoms with Crippen LogP contribution in [0, 0.1) is 10.1 Å². The summed E-state index contributed by atoms with van der Waals surface area (Å²) in [4.78, 5) is 35.4. The zero-order valence-electron chi connectivity index (χ0n) is 16.2. The molecule has 2 aromatic rings. The fourth-order valence-corrected chi connectivity index (χ4v) is 2.49. The molecule has 2 amide bonds. The molecule has 1 unspecified atom stereocenters. The van der Waals surface area contributed by atoms with Gasteiger partial charge in [0.15, 0.2) is 11.9 Å². The van der Waals surface area contributed by atoms with Crippen molar-refractivity contribution in [1.29, 1.82) is 0 Å². The Balaban J connectivity index is 2.05. The molecule has 0 heterocycles. The van der Waals surface area contributed by atoms with E-state index in [-0.39, 0.29) is 17.3 Å². The van der Waals surface area contributed by atoms with Crippen molar-refractivity contribution in [3.63, 3.8) is 0 Å². The van der Waals surface area contributed by atoms with Gasteiger partial charge in [0, 0.05) is 26.3 Å². The number of methoxy groups -OCH3 is 1. The van der Waals surface area contributed by atoms with Crippen molar-refractivity contribution < 1.29 is 24.0 Å². The molecule has 9 heteroatoms. The number of rotatable bonds is 10. The van der Waals surface area contributed by atoms with Gasteiger partial charge >= 0.3 is 5.69 Å². The molecule has 0 spiro atoms. The largest absolute Gasteiger partial charge is 0.474 e. The van der Waals surface area contributed by atoms with Crippen molar-refractivity contribution in [2.45, 2.75) is 19.4 Å². The molecule has 0 saturated heterocycles. The van der Waals surface area contributed by atoms with Gasteiger partial charge in [-0.2, -0.15) is 0 Å². The molecular weight excluding hydrogens is 378 g/mol. The number of carbonyl (C=O) groups is 2. The first-order valence-electron chi connectivity index (χ1n) is 9.01. The SMILES string of the molecule is COCCCNC(=O)c1ccccc1NC(=O)C(C)Oc1ccccc1[N+](=O)[O-]. The molecule has 0 bridgehead atoms. The van der Waals surface area contributed by atoms with E-state index in [0.717, 1.165) is 0 Å². The molecule has 1 atom stereocenters. The van der Waals surface area contributed by atoms with E-state index in [2.05, 4.69) is 10.6 Å². The van der Waals surface area contributed by atoms with Crippen molar-refractivity contribution in [3.8, 4) is 5.75 Å². The number of nitro benzene ring substituents is 1. The number of nitro groups is 1. The molecule has 0 aliphatic rings. The molecule has 29 heavy (non-hydrogen) atoms.